The number of carbonyl (C=O) groups excluding carboxylic acids is 3. The topological polar surface area (TPSA) is 158 Å². The van der Waals surface area contributed by atoms with Crippen molar-refractivity contribution < 1.29 is 24.3 Å². The number of aliphatic carboxylic acids is 1. The van der Waals surface area contributed by atoms with E-state index in [0.717, 1.165) is 16.5 Å². The van der Waals surface area contributed by atoms with Gasteiger partial charge in [-0.15, -0.1) is 0 Å². The lowest BCUT2D eigenvalue weighted by Crippen LogP contribution is -2.59. The summed E-state index contributed by atoms with van der Waals surface area (Å²) in [6.45, 7) is 4.09. The Balaban J connectivity index is 1.85. The molecule has 0 radical (unpaired) electrons. The Labute approximate surface area is 227 Å². The highest BCUT2D eigenvalue weighted by Gasteiger charge is 2.40. The minimum Gasteiger partial charge on any atom is -0.480 e. The summed E-state index contributed by atoms with van der Waals surface area (Å²) in [7, 11) is 0. The van der Waals surface area contributed by atoms with Crippen LogP contribution in [-0.4, -0.2) is 81.4 Å². The van der Waals surface area contributed by atoms with E-state index in [1.54, 1.807) is 11.8 Å². The SMILES string of the molecule is CCC(C)C(NC(=O)C(Cc1c[nH]c2ccccc12)NC(=O)C(N)CCSC)C(=O)N1CCCC1C(=O)O. The molecule has 3 rings (SSSR count). The van der Waals surface area contributed by atoms with Crippen LogP contribution in [0.5, 0.6) is 0 Å². The molecular formula is C27H39N5O5S. The molecule has 38 heavy (non-hydrogen) atoms. The van der Waals surface area contributed by atoms with Crippen LogP contribution in [0.15, 0.2) is 30.5 Å². The van der Waals surface area contributed by atoms with Gasteiger partial charge in [0.15, 0.2) is 0 Å². The third kappa shape index (κ3) is 7.08. The van der Waals surface area contributed by atoms with Crippen molar-refractivity contribution in [3.8, 4) is 0 Å². The van der Waals surface area contributed by atoms with E-state index in [1.807, 2.05) is 50.6 Å². The van der Waals surface area contributed by atoms with Gasteiger partial charge >= 0.3 is 5.97 Å². The lowest BCUT2D eigenvalue weighted by atomic mass is 9.96. The maximum atomic E-state index is 13.7. The van der Waals surface area contributed by atoms with Crippen molar-refractivity contribution in [3.63, 3.8) is 0 Å². The van der Waals surface area contributed by atoms with E-state index in [9.17, 15) is 24.3 Å². The summed E-state index contributed by atoms with van der Waals surface area (Å²) in [4.78, 5) is 56.3. The van der Waals surface area contributed by atoms with Gasteiger partial charge in [-0.3, -0.25) is 14.4 Å². The van der Waals surface area contributed by atoms with Crippen LogP contribution in [0.1, 0.15) is 45.1 Å². The highest BCUT2D eigenvalue weighted by Crippen LogP contribution is 2.22. The number of aromatic amines is 1. The second kappa shape index (κ2) is 13.7. The number of likely N-dealkylation sites (tertiary alicyclic amines) is 1. The average Bonchev–Trinajstić information content (AvgIpc) is 3.57. The first kappa shape index (κ1) is 29.5. The summed E-state index contributed by atoms with van der Waals surface area (Å²) in [6.07, 6.45) is 5.98. The number of H-pyrrole nitrogens is 1. The Morgan fingerprint density at radius 2 is 1.95 bits per heavy atom. The Morgan fingerprint density at radius 1 is 1.21 bits per heavy atom. The van der Waals surface area contributed by atoms with E-state index in [4.69, 9.17) is 5.73 Å². The van der Waals surface area contributed by atoms with Crippen molar-refractivity contribution >= 4 is 46.4 Å². The molecule has 10 nitrogen and oxygen atoms in total. The van der Waals surface area contributed by atoms with Crippen LogP contribution in [0.25, 0.3) is 10.9 Å². The first-order valence-electron chi connectivity index (χ1n) is 13.1. The zero-order valence-corrected chi connectivity index (χ0v) is 23.1. The quantitative estimate of drug-likeness (QED) is 0.257. The molecule has 5 atom stereocenters. The number of carbonyl (C=O) groups is 4. The number of nitrogens with two attached hydrogens (primary N) is 1. The van der Waals surface area contributed by atoms with Crippen molar-refractivity contribution in [1.29, 1.82) is 0 Å². The molecule has 1 aliphatic rings. The van der Waals surface area contributed by atoms with Crippen molar-refractivity contribution in [3.05, 3.63) is 36.0 Å². The van der Waals surface area contributed by atoms with Crippen LogP contribution in [0.2, 0.25) is 0 Å². The monoisotopic (exact) mass is 545 g/mol. The highest BCUT2D eigenvalue weighted by molar-refractivity contribution is 7.98. The van der Waals surface area contributed by atoms with Gasteiger partial charge in [-0.1, -0.05) is 38.5 Å². The van der Waals surface area contributed by atoms with Crippen LogP contribution in [0.4, 0.5) is 0 Å². The summed E-state index contributed by atoms with van der Waals surface area (Å²) in [6, 6.07) is 4.11. The minimum absolute atomic E-state index is 0.194. The molecule has 5 unspecified atom stereocenters. The van der Waals surface area contributed by atoms with Gasteiger partial charge in [-0.05, 0) is 48.8 Å². The molecule has 6 N–H and O–H groups in total. The molecule has 0 bridgehead atoms. The summed E-state index contributed by atoms with van der Waals surface area (Å²) >= 11 is 1.58. The van der Waals surface area contributed by atoms with Gasteiger partial charge in [0.05, 0.1) is 6.04 Å². The van der Waals surface area contributed by atoms with Gasteiger partial charge in [0.1, 0.15) is 18.1 Å². The number of para-hydroxylation sites is 1. The Bertz CT molecular complexity index is 1140. The Kier molecular flexibility index (Phi) is 10.6. The smallest absolute Gasteiger partial charge is 0.326 e. The number of benzene rings is 1. The number of carboxylic acid groups (broad SMARTS) is 1. The summed E-state index contributed by atoms with van der Waals surface area (Å²) < 4.78 is 0. The number of nitrogens with zero attached hydrogens (tertiary/aromatic N) is 1. The first-order valence-corrected chi connectivity index (χ1v) is 14.5. The van der Waals surface area contributed by atoms with E-state index in [0.29, 0.717) is 38.0 Å². The standard InChI is InChI=1S/C27H39N5O5S/c1-4-16(2)23(26(35)32-12-7-10-22(32)27(36)37)31-25(34)21(30-24(33)19(28)11-13-38-3)14-17-15-29-20-9-6-5-8-18(17)20/h5-6,8-9,15-16,19,21-23,29H,4,7,10-14,28H2,1-3H3,(H,30,33)(H,31,34)(H,36,37). The average molecular weight is 546 g/mol. The second-order valence-electron chi connectivity index (χ2n) is 9.91. The van der Waals surface area contributed by atoms with Gasteiger partial charge < -0.3 is 31.4 Å². The maximum Gasteiger partial charge on any atom is 0.326 e. The van der Waals surface area contributed by atoms with Gasteiger partial charge in [-0.2, -0.15) is 11.8 Å². The third-order valence-electron chi connectivity index (χ3n) is 7.30. The normalized spacial score (nSPS) is 18.5. The summed E-state index contributed by atoms with van der Waals surface area (Å²) in [5.74, 6) is -1.93. The third-order valence-corrected chi connectivity index (χ3v) is 7.94. The second-order valence-corrected chi connectivity index (χ2v) is 10.9. The van der Waals surface area contributed by atoms with E-state index in [-0.39, 0.29) is 12.3 Å². The Hall–Kier alpha value is -3.05. The van der Waals surface area contributed by atoms with Crippen LogP contribution in [0.3, 0.4) is 0 Å². The molecule has 3 amide bonds. The van der Waals surface area contributed by atoms with Crippen molar-refractivity contribution in [2.45, 2.75) is 70.1 Å². The number of nitrogens with one attached hydrogen (secondary N) is 3. The molecule has 1 fully saturated rings. The zero-order chi connectivity index (χ0) is 27.8. The van der Waals surface area contributed by atoms with E-state index in [1.165, 1.54) is 4.90 Å². The molecule has 1 aliphatic heterocycles. The molecule has 1 aromatic carbocycles. The van der Waals surface area contributed by atoms with Crippen molar-refractivity contribution in [2.75, 3.05) is 18.6 Å². The number of hydrogen-bond donors (Lipinski definition) is 5. The van der Waals surface area contributed by atoms with Crippen LogP contribution < -0.4 is 16.4 Å². The maximum absolute atomic E-state index is 13.7. The van der Waals surface area contributed by atoms with Crippen LogP contribution in [0, 0.1) is 5.92 Å². The van der Waals surface area contributed by atoms with Gasteiger partial charge in [-0.25, -0.2) is 4.79 Å². The van der Waals surface area contributed by atoms with Gasteiger partial charge in [0, 0.05) is 30.1 Å². The fourth-order valence-corrected chi connectivity index (χ4v) is 5.28. The predicted molar refractivity (Wildman–Crippen MR) is 149 cm³/mol. The number of aromatic nitrogens is 1. The van der Waals surface area contributed by atoms with Crippen LogP contribution in [-0.2, 0) is 25.6 Å². The molecule has 11 heteroatoms. The summed E-state index contributed by atoms with van der Waals surface area (Å²) in [5.41, 5.74) is 7.83. The van der Waals surface area contributed by atoms with E-state index < -0.39 is 47.9 Å². The summed E-state index contributed by atoms with van der Waals surface area (Å²) in [5, 5.41) is 16.2. The molecule has 1 saturated heterocycles. The number of fused-ring (bicyclic) bond motifs is 1. The number of hydrogen-bond acceptors (Lipinski definition) is 6. The fraction of sp³-hybridized carbons (Fsp3) is 0.556. The number of carboxylic acids is 1. The lowest BCUT2D eigenvalue weighted by Gasteiger charge is -2.31. The van der Waals surface area contributed by atoms with E-state index >= 15 is 0 Å². The van der Waals surface area contributed by atoms with Gasteiger partial charge in [0.2, 0.25) is 17.7 Å². The van der Waals surface area contributed by atoms with E-state index in [2.05, 4.69) is 15.6 Å². The molecule has 208 valence electrons. The molecule has 0 spiro atoms. The number of thioether (sulfide) groups is 1. The molecular weight excluding hydrogens is 506 g/mol. The lowest BCUT2D eigenvalue weighted by molar-refractivity contribution is -0.150. The Morgan fingerprint density at radius 3 is 2.63 bits per heavy atom. The first-order chi connectivity index (χ1) is 18.2. The molecule has 1 aromatic heterocycles. The number of amides is 3. The highest BCUT2D eigenvalue weighted by atomic mass is 32.2. The largest absolute Gasteiger partial charge is 0.480 e. The van der Waals surface area contributed by atoms with Crippen molar-refractivity contribution in [1.82, 2.24) is 20.5 Å². The van der Waals surface area contributed by atoms with Crippen LogP contribution >= 0.6 is 11.8 Å². The molecule has 2 aromatic rings. The van der Waals surface area contributed by atoms with Gasteiger partial charge in [0.25, 0.3) is 0 Å². The minimum atomic E-state index is -1.05. The molecule has 0 aliphatic carbocycles. The number of rotatable bonds is 13. The predicted octanol–water partition coefficient (Wildman–Crippen LogP) is 1.88. The zero-order valence-electron chi connectivity index (χ0n) is 22.2. The molecule has 0 saturated carbocycles. The fourth-order valence-electron chi connectivity index (χ4n) is 4.79. The van der Waals surface area contributed by atoms with Crippen molar-refractivity contribution in [2.24, 2.45) is 11.7 Å². The molecule has 2 heterocycles.